The average molecular weight is 148 g/mol. The third-order valence-electron chi connectivity index (χ3n) is 1.03. The fourth-order valence-electron chi connectivity index (χ4n) is 0.631. The quantitative estimate of drug-likeness (QED) is 0.585. The maximum Gasteiger partial charge on any atom is 0.186 e. The van der Waals surface area contributed by atoms with E-state index in [2.05, 4.69) is 0 Å². The van der Waals surface area contributed by atoms with Gasteiger partial charge in [0.05, 0.1) is 6.61 Å². The molecule has 0 aromatic carbocycles. The molecule has 0 radical (unpaired) electrons. The monoisotopic (exact) mass is 148 g/mol. The molecule has 1 N–H and O–H groups in total. The maximum atomic E-state index is 9.30. The number of hydrogen-bond acceptors (Lipinski definition) is 3. The van der Waals surface area contributed by atoms with Crippen molar-refractivity contribution in [3.05, 3.63) is 0 Å². The Morgan fingerprint density at radius 1 is 1.50 bits per heavy atom. The van der Waals surface area contributed by atoms with Gasteiger partial charge in [0.15, 0.2) is 5.79 Å². The van der Waals surface area contributed by atoms with Gasteiger partial charge in [-0.25, -0.2) is 0 Å². The molecular weight excluding hydrogens is 132 g/mol. The summed E-state index contributed by atoms with van der Waals surface area (Å²) in [6, 6.07) is 0. The Labute approximate surface area is 62.0 Å². The van der Waals surface area contributed by atoms with E-state index in [1.165, 1.54) is 7.11 Å². The van der Waals surface area contributed by atoms with Crippen LogP contribution in [-0.4, -0.2) is 31.2 Å². The standard InChI is InChI=1S/C7H16O3/c1-4-5-10-7(2,8)6-9-3/h8H,4-6H2,1-3H3. The second kappa shape index (κ2) is 4.66. The summed E-state index contributed by atoms with van der Waals surface area (Å²) in [5.74, 6) is -1.12. The van der Waals surface area contributed by atoms with Crippen molar-refractivity contribution < 1.29 is 14.6 Å². The highest BCUT2D eigenvalue weighted by atomic mass is 16.6. The lowest BCUT2D eigenvalue weighted by Crippen LogP contribution is -2.33. The van der Waals surface area contributed by atoms with Gasteiger partial charge in [-0.05, 0) is 13.3 Å². The van der Waals surface area contributed by atoms with Crippen LogP contribution in [-0.2, 0) is 9.47 Å². The predicted molar refractivity (Wildman–Crippen MR) is 38.7 cm³/mol. The highest BCUT2D eigenvalue weighted by molar-refractivity contribution is 4.56. The molecule has 0 amide bonds. The Morgan fingerprint density at radius 2 is 2.10 bits per heavy atom. The van der Waals surface area contributed by atoms with Crippen molar-refractivity contribution in [2.45, 2.75) is 26.1 Å². The molecule has 0 spiro atoms. The first kappa shape index (κ1) is 9.88. The Bertz CT molecular complexity index is 80.9. The first-order valence-corrected chi connectivity index (χ1v) is 3.47. The molecule has 0 rings (SSSR count). The highest BCUT2D eigenvalue weighted by Crippen LogP contribution is 2.05. The molecule has 0 heterocycles. The Balaban J connectivity index is 3.42. The van der Waals surface area contributed by atoms with Gasteiger partial charge in [0.2, 0.25) is 0 Å². The molecule has 0 saturated heterocycles. The van der Waals surface area contributed by atoms with Gasteiger partial charge in [0, 0.05) is 13.7 Å². The zero-order chi connectivity index (χ0) is 8.04. The summed E-state index contributed by atoms with van der Waals surface area (Å²) in [5.41, 5.74) is 0. The molecular formula is C7H16O3. The van der Waals surface area contributed by atoms with E-state index in [0.717, 1.165) is 6.42 Å². The van der Waals surface area contributed by atoms with Gasteiger partial charge in [-0.15, -0.1) is 0 Å². The summed E-state index contributed by atoms with van der Waals surface area (Å²) in [6.07, 6.45) is 0.903. The van der Waals surface area contributed by atoms with Crippen LogP contribution in [0, 0.1) is 0 Å². The molecule has 0 saturated carbocycles. The first-order valence-electron chi connectivity index (χ1n) is 3.47. The topological polar surface area (TPSA) is 38.7 Å². The number of hydrogen-bond donors (Lipinski definition) is 1. The summed E-state index contributed by atoms with van der Waals surface area (Å²) < 4.78 is 9.78. The van der Waals surface area contributed by atoms with Crippen LogP contribution in [0.1, 0.15) is 20.3 Å². The number of methoxy groups -OCH3 is 1. The summed E-state index contributed by atoms with van der Waals surface area (Å²) in [4.78, 5) is 0. The van der Waals surface area contributed by atoms with Crippen molar-refractivity contribution in [3.63, 3.8) is 0 Å². The first-order chi connectivity index (χ1) is 4.62. The van der Waals surface area contributed by atoms with E-state index in [9.17, 15) is 5.11 Å². The minimum absolute atomic E-state index is 0.215. The highest BCUT2D eigenvalue weighted by Gasteiger charge is 2.19. The lowest BCUT2D eigenvalue weighted by atomic mass is 10.3. The van der Waals surface area contributed by atoms with Crippen LogP contribution in [0.2, 0.25) is 0 Å². The lowest BCUT2D eigenvalue weighted by molar-refractivity contribution is -0.215. The van der Waals surface area contributed by atoms with Crippen LogP contribution in [0.4, 0.5) is 0 Å². The molecule has 0 aliphatic rings. The SMILES string of the molecule is CCCOC(C)(O)COC. The number of aliphatic hydroxyl groups is 1. The van der Waals surface area contributed by atoms with Crippen molar-refractivity contribution in [3.8, 4) is 0 Å². The van der Waals surface area contributed by atoms with E-state index in [1.54, 1.807) is 6.92 Å². The van der Waals surface area contributed by atoms with Crippen molar-refractivity contribution in [2.24, 2.45) is 0 Å². The molecule has 0 bridgehead atoms. The van der Waals surface area contributed by atoms with Crippen LogP contribution in [0.15, 0.2) is 0 Å². The van der Waals surface area contributed by atoms with E-state index < -0.39 is 5.79 Å². The molecule has 1 unspecified atom stereocenters. The van der Waals surface area contributed by atoms with Crippen molar-refractivity contribution in [2.75, 3.05) is 20.3 Å². The van der Waals surface area contributed by atoms with Crippen molar-refractivity contribution in [1.82, 2.24) is 0 Å². The molecule has 0 aliphatic carbocycles. The van der Waals surface area contributed by atoms with E-state index in [-0.39, 0.29) is 6.61 Å². The van der Waals surface area contributed by atoms with E-state index in [1.807, 2.05) is 6.92 Å². The van der Waals surface area contributed by atoms with Gasteiger partial charge in [0.25, 0.3) is 0 Å². The lowest BCUT2D eigenvalue weighted by Gasteiger charge is -2.22. The molecule has 0 aromatic heterocycles. The van der Waals surface area contributed by atoms with Gasteiger partial charge in [-0.2, -0.15) is 0 Å². The maximum absolute atomic E-state index is 9.30. The molecule has 3 heteroatoms. The molecule has 0 aromatic rings. The summed E-state index contributed by atoms with van der Waals surface area (Å²) in [6.45, 7) is 4.36. The fourth-order valence-corrected chi connectivity index (χ4v) is 0.631. The van der Waals surface area contributed by atoms with Crippen LogP contribution in [0.5, 0.6) is 0 Å². The molecule has 3 nitrogen and oxygen atoms in total. The second-order valence-electron chi connectivity index (χ2n) is 2.46. The van der Waals surface area contributed by atoms with E-state index >= 15 is 0 Å². The predicted octanol–water partition coefficient (Wildman–Crippen LogP) is 0.768. The van der Waals surface area contributed by atoms with Gasteiger partial charge < -0.3 is 14.6 Å². The second-order valence-corrected chi connectivity index (χ2v) is 2.46. The minimum atomic E-state index is -1.12. The normalized spacial score (nSPS) is 16.8. The Morgan fingerprint density at radius 3 is 2.50 bits per heavy atom. The van der Waals surface area contributed by atoms with Gasteiger partial charge >= 0.3 is 0 Å². The van der Waals surface area contributed by atoms with Gasteiger partial charge in [-0.1, -0.05) is 6.92 Å². The molecule has 62 valence electrons. The van der Waals surface area contributed by atoms with Gasteiger partial charge in [0.1, 0.15) is 0 Å². The molecule has 10 heavy (non-hydrogen) atoms. The Kier molecular flexibility index (Phi) is 4.60. The average Bonchev–Trinajstić information content (AvgIpc) is 1.84. The van der Waals surface area contributed by atoms with Gasteiger partial charge in [-0.3, -0.25) is 0 Å². The fraction of sp³-hybridized carbons (Fsp3) is 1.00. The van der Waals surface area contributed by atoms with Crippen LogP contribution in [0.3, 0.4) is 0 Å². The third kappa shape index (κ3) is 4.73. The largest absolute Gasteiger partial charge is 0.379 e. The summed E-state index contributed by atoms with van der Waals surface area (Å²) in [7, 11) is 1.53. The number of ether oxygens (including phenoxy) is 2. The van der Waals surface area contributed by atoms with Crippen molar-refractivity contribution in [1.29, 1.82) is 0 Å². The van der Waals surface area contributed by atoms with Crippen LogP contribution < -0.4 is 0 Å². The zero-order valence-electron chi connectivity index (χ0n) is 6.89. The van der Waals surface area contributed by atoms with Crippen molar-refractivity contribution >= 4 is 0 Å². The van der Waals surface area contributed by atoms with Crippen LogP contribution >= 0.6 is 0 Å². The smallest absolute Gasteiger partial charge is 0.186 e. The third-order valence-corrected chi connectivity index (χ3v) is 1.03. The molecule has 0 fully saturated rings. The van der Waals surface area contributed by atoms with Crippen LogP contribution in [0.25, 0.3) is 0 Å². The Hall–Kier alpha value is -0.120. The zero-order valence-corrected chi connectivity index (χ0v) is 6.89. The summed E-state index contributed by atoms with van der Waals surface area (Å²) >= 11 is 0. The van der Waals surface area contributed by atoms with E-state index in [4.69, 9.17) is 9.47 Å². The minimum Gasteiger partial charge on any atom is -0.379 e. The summed E-state index contributed by atoms with van der Waals surface area (Å²) in [5, 5.41) is 9.30. The molecule has 1 atom stereocenters. The number of rotatable bonds is 5. The van der Waals surface area contributed by atoms with E-state index in [0.29, 0.717) is 6.61 Å². The molecule has 0 aliphatic heterocycles.